The lowest BCUT2D eigenvalue weighted by Gasteiger charge is -2.09. The number of sulfone groups is 1. The van der Waals surface area contributed by atoms with E-state index < -0.39 is 15.1 Å². The van der Waals surface area contributed by atoms with Crippen molar-refractivity contribution in [2.24, 2.45) is 5.73 Å². The fraction of sp³-hybridized carbons (Fsp3) is 1.00. The van der Waals surface area contributed by atoms with Gasteiger partial charge in [0.2, 0.25) is 0 Å². The zero-order chi connectivity index (χ0) is 8.91. The number of hydrogen-bond acceptors (Lipinski definition) is 4. The fourth-order valence-electron chi connectivity index (χ4n) is 0.704. The Morgan fingerprint density at radius 1 is 1.55 bits per heavy atom. The summed E-state index contributed by atoms with van der Waals surface area (Å²) >= 11 is 0. The normalized spacial score (nSPS) is 14.8. The van der Waals surface area contributed by atoms with E-state index in [0.29, 0.717) is 0 Å². The Hall–Kier alpha value is -0.130. The molecule has 4 nitrogen and oxygen atoms in total. The minimum Gasteiger partial charge on any atom is -0.383 e. The summed E-state index contributed by atoms with van der Waals surface area (Å²) in [6, 6.07) is 0. The Labute approximate surface area is 67.6 Å². The molecule has 0 heterocycles. The number of nitrogens with two attached hydrogens (primary N) is 1. The van der Waals surface area contributed by atoms with Crippen molar-refractivity contribution in [1.82, 2.24) is 0 Å². The monoisotopic (exact) mass is 181 g/mol. The van der Waals surface area contributed by atoms with Crippen LogP contribution in [-0.4, -0.2) is 39.7 Å². The van der Waals surface area contributed by atoms with E-state index in [1.165, 1.54) is 7.11 Å². The number of hydrogen-bond donors (Lipinski definition) is 1. The summed E-state index contributed by atoms with van der Waals surface area (Å²) in [6.45, 7) is 2.03. The largest absolute Gasteiger partial charge is 0.383 e. The van der Waals surface area contributed by atoms with Crippen molar-refractivity contribution in [3.63, 3.8) is 0 Å². The van der Waals surface area contributed by atoms with E-state index in [1.54, 1.807) is 6.92 Å². The minimum absolute atomic E-state index is 0.0392. The van der Waals surface area contributed by atoms with E-state index in [1.807, 2.05) is 0 Å². The third kappa shape index (κ3) is 3.69. The molecule has 2 N–H and O–H groups in total. The lowest BCUT2D eigenvalue weighted by molar-refractivity contribution is 0.200. The molecule has 0 aromatic carbocycles. The molecular weight excluding hydrogens is 166 g/mol. The predicted molar refractivity (Wildman–Crippen MR) is 44.2 cm³/mol. The molecular formula is C6H15NO3S. The van der Waals surface area contributed by atoms with Gasteiger partial charge in [0.25, 0.3) is 0 Å². The van der Waals surface area contributed by atoms with Crippen LogP contribution < -0.4 is 5.73 Å². The summed E-state index contributed by atoms with van der Waals surface area (Å²) in [7, 11) is -1.54. The van der Waals surface area contributed by atoms with E-state index in [-0.39, 0.29) is 18.9 Å². The average molecular weight is 181 g/mol. The molecule has 0 saturated heterocycles. The topological polar surface area (TPSA) is 69.4 Å². The smallest absolute Gasteiger partial charge is 0.156 e. The quantitative estimate of drug-likeness (QED) is 0.614. The lowest BCUT2D eigenvalue weighted by Crippen LogP contribution is -2.28. The first-order valence-corrected chi connectivity index (χ1v) is 5.16. The van der Waals surface area contributed by atoms with Crippen molar-refractivity contribution in [2.75, 3.05) is 26.0 Å². The molecule has 11 heavy (non-hydrogen) atoms. The van der Waals surface area contributed by atoms with Crippen LogP contribution in [-0.2, 0) is 14.6 Å². The van der Waals surface area contributed by atoms with E-state index in [9.17, 15) is 8.42 Å². The Morgan fingerprint density at radius 3 is 2.45 bits per heavy atom. The third-order valence-corrected chi connectivity index (χ3v) is 3.58. The maximum atomic E-state index is 11.2. The van der Waals surface area contributed by atoms with Gasteiger partial charge >= 0.3 is 0 Å². The van der Waals surface area contributed by atoms with Crippen LogP contribution in [0.3, 0.4) is 0 Å². The van der Waals surface area contributed by atoms with Gasteiger partial charge in [-0.05, 0) is 6.92 Å². The molecule has 0 bridgehead atoms. The summed E-state index contributed by atoms with van der Waals surface area (Å²) in [6.07, 6.45) is 0. The first-order chi connectivity index (χ1) is 5.04. The number of ether oxygens (including phenoxy) is 1. The van der Waals surface area contributed by atoms with Crippen LogP contribution in [0.2, 0.25) is 0 Å². The predicted octanol–water partition coefficient (Wildman–Crippen LogP) is -0.605. The maximum Gasteiger partial charge on any atom is 0.156 e. The second-order valence-corrected chi connectivity index (χ2v) is 4.96. The Kier molecular flexibility index (Phi) is 4.63. The molecule has 0 rings (SSSR count). The SMILES string of the molecule is COCC(C)S(=O)(=O)CCN. The Balaban J connectivity index is 4.07. The molecule has 1 unspecified atom stereocenters. The summed E-state index contributed by atoms with van der Waals surface area (Å²) < 4.78 is 27.0. The molecule has 0 aromatic rings. The summed E-state index contributed by atoms with van der Waals surface area (Å²) in [4.78, 5) is 0. The highest BCUT2D eigenvalue weighted by Crippen LogP contribution is 2.00. The molecule has 0 spiro atoms. The van der Waals surface area contributed by atoms with Gasteiger partial charge in [-0.3, -0.25) is 0 Å². The first kappa shape index (κ1) is 10.9. The van der Waals surface area contributed by atoms with Gasteiger partial charge in [-0.15, -0.1) is 0 Å². The minimum atomic E-state index is -3.02. The van der Waals surface area contributed by atoms with E-state index >= 15 is 0 Å². The van der Waals surface area contributed by atoms with Crippen LogP contribution in [0.15, 0.2) is 0 Å². The molecule has 0 radical (unpaired) electrons. The van der Waals surface area contributed by atoms with Gasteiger partial charge in [-0.2, -0.15) is 0 Å². The number of rotatable bonds is 5. The van der Waals surface area contributed by atoms with E-state index in [4.69, 9.17) is 10.5 Å². The van der Waals surface area contributed by atoms with Gasteiger partial charge < -0.3 is 10.5 Å². The third-order valence-electron chi connectivity index (χ3n) is 1.42. The van der Waals surface area contributed by atoms with Crippen LogP contribution in [0.4, 0.5) is 0 Å². The second-order valence-electron chi connectivity index (χ2n) is 2.42. The zero-order valence-corrected chi connectivity index (χ0v) is 7.73. The van der Waals surface area contributed by atoms with E-state index in [2.05, 4.69) is 0 Å². The van der Waals surface area contributed by atoms with E-state index in [0.717, 1.165) is 0 Å². The van der Waals surface area contributed by atoms with Crippen LogP contribution in [0, 0.1) is 0 Å². The standard InChI is InChI=1S/C6H15NO3S/c1-6(5-10-2)11(8,9)4-3-7/h6H,3-5,7H2,1-2H3. The molecule has 0 aliphatic rings. The van der Waals surface area contributed by atoms with Gasteiger partial charge in [0.05, 0.1) is 17.6 Å². The second kappa shape index (κ2) is 4.69. The molecule has 0 aromatic heterocycles. The van der Waals surface area contributed by atoms with Crippen LogP contribution in [0.5, 0.6) is 0 Å². The van der Waals surface area contributed by atoms with Gasteiger partial charge in [0.15, 0.2) is 9.84 Å². The van der Waals surface area contributed by atoms with Gasteiger partial charge in [0.1, 0.15) is 0 Å². The molecule has 1 atom stereocenters. The van der Waals surface area contributed by atoms with Crippen molar-refractivity contribution in [1.29, 1.82) is 0 Å². The van der Waals surface area contributed by atoms with Crippen LogP contribution in [0.25, 0.3) is 0 Å². The highest BCUT2D eigenvalue weighted by atomic mass is 32.2. The van der Waals surface area contributed by atoms with Crippen molar-refractivity contribution in [3.05, 3.63) is 0 Å². The van der Waals surface area contributed by atoms with Crippen LogP contribution in [0.1, 0.15) is 6.92 Å². The Bertz CT molecular complexity index is 188. The van der Waals surface area contributed by atoms with Crippen molar-refractivity contribution in [2.45, 2.75) is 12.2 Å². The summed E-state index contributed by atoms with van der Waals surface area (Å²) in [5, 5.41) is -0.448. The fourth-order valence-corrected chi connectivity index (χ4v) is 1.78. The Morgan fingerprint density at radius 2 is 2.09 bits per heavy atom. The highest BCUT2D eigenvalue weighted by Gasteiger charge is 2.18. The average Bonchev–Trinajstić information content (AvgIpc) is 1.88. The van der Waals surface area contributed by atoms with Crippen molar-refractivity contribution < 1.29 is 13.2 Å². The first-order valence-electron chi connectivity index (χ1n) is 3.45. The molecule has 0 aliphatic carbocycles. The molecule has 0 amide bonds. The van der Waals surface area contributed by atoms with Gasteiger partial charge in [-0.1, -0.05) is 0 Å². The zero-order valence-electron chi connectivity index (χ0n) is 6.91. The van der Waals surface area contributed by atoms with Crippen molar-refractivity contribution in [3.8, 4) is 0 Å². The number of methoxy groups -OCH3 is 1. The van der Waals surface area contributed by atoms with Crippen molar-refractivity contribution >= 4 is 9.84 Å². The molecule has 0 fully saturated rings. The molecule has 0 aliphatic heterocycles. The summed E-state index contributed by atoms with van der Waals surface area (Å²) in [5.74, 6) is 0.0392. The summed E-state index contributed by atoms with van der Waals surface area (Å²) in [5.41, 5.74) is 5.13. The maximum absolute atomic E-state index is 11.2. The van der Waals surface area contributed by atoms with Gasteiger partial charge in [0, 0.05) is 13.7 Å². The molecule has 5 heteroatoms. The van der Waals surface area contributed by atoms with Crippen LogP contribution >= 0.6 is 0 Å². The molecule has 68 valence electrons. The lowest BCUT2D eigenvalue weighted by atomic mass is 10.5. The van der Waals surface area contributed by atoms with Gasteiger partial charge in [-0.25, -0.2) is 8.42 Å². The molecule has 0 saturated carbocycles. The highest BCUT2D eigenvalue weighted by molar-refractivity contribution is 7.92.